The SMILES string of the molecule is Cc1cc(C)c(NC(=O)CSc2nnc(CC(=O)Nc3ccc(Cl)cc3)n2C)c(C)c1. The van der Waals surface area contributed by atoms with Crippen LogP contribution in [0.1, 0.15) is 22.5 Å². The molecule has 9 heteroatoms. The van der Waals surface area contributed by atoms with Crippen LogP contribution in [0.2, 0.25) is 5.02 Å². The smallest absolute Gasteiger partial charge is 0.234 e. The van der Waals surface area contributed by atoms with Gasteiger partial charge in [0.25, 0.3) is 0 Å². The summed E-state index contributed by atoms with van der Waals surface area (Å²) < 4.78 is 1.72. The van der Waals surface area contributed by atoms with E-state index in [4.69, 9.17) is 11.6 Å². The van der Waals surface area contributed by atoms with E-state index in [-0.39, 0.29) is 24.0 Å². The highest BCUT2D eigenvalue weighted by molar-refractivity contribution is 7.99. The fourth-order valence-corrected chi connectivity index (χ4v) is 4.05. The largest absolute Gasteiger partial charge is 0.326 e. The molecule has 162 valence electrons. The van der Waals surface area contributed by atoms with E-state index >= 15 is 0 Å². The van der Waals surface area contributed by atoms with Crippen molar-refractivity contribution in [1.29, 1.82) is 0 Å². The molecule has 0 saturated carbocycles. The minimum absolute atomic E-state index is 0.0701. The van der Waals surface area contributed by atoms with E-state index in [2.05, 4.69) is 20.8 Å². The Balaban J connectivity index is 1.56. The fraction of sp³-hybridized carbons (Fsp3) is 0.273. The summed E-state index contributed by atoms with van der Waals surface area (Å²) in [6.07, 6.45) is 0.0701. The van der Waals surface area contributed by atoms with E-state index in [1.807, 2.05) is 32.9 Å². The highest BCUT2D eigenvalue weighted by Crippen LogP contribution is 2.23. The molecule has 3 rings (SSSR count). The number of carbonyl (C=O) groups is 2. The van der Waals surface area contributed by atoms with Crippen molar-refractivity contribution in [2.24, 2.45) is 7.05 Å². The van der Waals surface area contributed by atoms with Gasteiger partial charge in [-0.3, -0.25) is 9.59 Å². The Bertz CT molecular complexity index is 1090. The third-order valence-electron chi connectivity index (χ3n) is 4.65. The van der Waals surface area contributed by atoms with Crippen LogP contribution in [0.25, 0.3) is 0 Å². The lowest BCUT2D eigenvalue weighted by Crippen LogP contribution is -2.17. The summed E-state index contributed by atoms with van der Waals surface area (Å²) in [6.45, 7) is 5.99. The van der Waals surface area contributed by atoms with Crippen molar-refractivity contribution >= 4 is 46.6 Å². The average Bonchev–Trinajstić information content (AvgIpc) is 3.04. The van der Waals surface area contributed by atoms with E-state index in [0.29, 0.717) is 21.7 Å². The van der Waals surface area contributed by atoms with Crippen molar-refractivity contribution in [2.75, 3.05) is 16.4 Å². The summed E-state index contributed by atoms with van der Waals surface area (Å²) in [4.78, 5) is 24.7. The molecule has 0 aliphatic rings. The number of rotatable bonds is 7. The molecule has 2 aromatic carbocycles. The number of benzene rings is 2. The number of carbonyl (C=O) groups excluding carboxylic acids is 2. The van der Waals surface area contributed by atoms with Crippen LogP contribution in [-0.4, -0.2) is 32.3 Å². The van der Waals surface area contributed by atoms with Gasteiger partial charge in [-0.25, -0.2) is 0 Å². The molecule has 0 unspecified atom stereocenters. The highest BCUT2D eigenvalue weighted by Gasteiger charge is 2.15. The molecule has 0 atom stereocenters. The molecule has 3 aromatic rings. The molecule has 31 heavy (non-hydrogen) atoms. The lowest BCUT2D eigenvalue weighted by molar-refractivity contribution is -0.116. The van der Waals surface area contributed by atoms with Crippen LogP contribution in [0.15, 0.2) is 41.6 Å². The van der Waals surface area contributed by atoms with Crippen LogP contribution < -0.4 is 10.6 Å². The van der Waals surface area contributed by atoms with Crippen molar-refractivity contribution in [3.05, 3.63) is 63.9 Å². The second kappa shape index (κ2) is 9.98. The summed E-state index contributed by atoms with van der Waals surface area (Å²) in [5.41, 5.74) is 4.72. The first-order valence-electron chi connectivity index (χ1n) is 9.67. The maximum atomic E-state index is 12.4. The van der Waals surface area contributed by atoms with Gasteiger partial charge in [0.2, 0.25) is 11.8 Å². The predicted molar refractivity (Wildman–Crippen MR) is 125 cm³/mol. The Hall–Kier alpha value is -2.84. The topological polar surface area (TPSA) is 88.9 Å². The fourth-order valence-electron chi connectivity index (χ4n) is 3.19. The maximum Gasteiger partial charge on any atom is 0.234 e. The van der Waals surface area contributed by atoms with E-state index in [1.165, 1.54) is 11.8 Å². The predicted octanol–water partition coefficient (Wildman–Crippen LogP) is 4.31. The third-order valence-corrected chi connectivity index (χ3v) is 5.92. The first-order chi connectivity index (χ1) is 14.7. The van der Waals surface area contributed by atoms with E-state index < -0.39 is 0 Å². The number of nitrogens with zero attached hydrogens (tertiary/aromatic N) is 3. The van der Waals surface area contributed by atoms with Crippen molar-refractivity contribution < 1.29 is 9.59 Å². The number of amides is 2. The van der Waals surface area contributed by atoms with Gasteiger partial charge < -0.3 is 15.2 Å². The summed E-state index contributed by atoms with van der Waals surface area (Å²) in [7, 11) is 1.78. The lowest BCUT2D eigenvalue weighted by atomic mass is 10.1. The zero-order valence-electron chi connectivity index (χ0n) is 17.8. The molecular formula is C22H24ClN5O2S. The van der Waals surface area contributed by atoms with Gasteiger partial charge >= 0.3 is 0 Å². The Morgan fingerprint density at radius 3 is 2.29 bits per heavy atom. The summed E-state index contributed by atoms with van der Waals surface area (Å²) in [5, 5.41) is 15.1. The number of aryl methyl sites for hydroxylation is 3. The van der Waals surface area contributed by atoms with Gasteiger partial charge in [-0.15, -0.1) is 10.2 Å². The van der Waals surface area contributed by atoms with Crippen LogP contribution in [0.4, 0.5) is 11.4 Å². The number of hydrogen-bond acceptors (Lipinski definition) is 5. The van der Waals surface area contributed by atoms with E-state index in [1.54, 1.807) is 35.9 Å². The van der Waals surface area contributed by atoms with Crippen LogP contribution in [0, 0.1) is 20.8 Å². The third kappa shape index (κ3) is 6.08. The van der Waals surface area contributed by atoms with Gasteiger partial charge in [-0.05, 0) is 56.2 Å². The first-order valence-corrected chi connectivity index (χ1v) is 11.0. The van der Waals surface area contributed by atoms with Gasteiger partial charge in [-0.2, -0.15) is 0 Å². The second-order valence-electron chi connectivity index (χ2n) is 7.30. The van der Waals surface area contributed by atoms with Crippen LogP contribution >= 0.6 is 23.4 Å². The number of aromatic nitrogens is 3. The van der Waals surface area contributed by atoms with Crippen molar-refractivity contribution in [3.8, 4) is 0 Å². The van der Waals surface area contributed by atoms with Crippen molar-refractivity contribution in [3.63, 3.8) is 0 Å². The molecule has 7 nitrogen and oxygen atoms in total. The zero-order valence-corrected chi connectivity index (χ0v) is 19.4. The first kappa shape index (κ1) is 22.8. The molecule has 0 spiro atoms. The Morgan fingerprint density at radius 1 is 1.00 bits per heavy atom. The standard InChI is InChI=1S/C22H24ClN5O2S/c1-13-9-14(2)21(15(3)10-13)25-20(30)12-31-22-27-26-18(28(22)4)11-19(29)24-17-7-5-16(23)6-8-17/h5-10H,11-12H2,1-4H3,(H,24,29)(H,25,30). The molecule has 0 aliphatic heterocycles. The summed E-state index contributed by atoms with van der Waals surface area (Å²) in [5.74, 6) is 0.373. The normalized spacial score (nSPS) is 10.7. The molecule has 0 bridgehead atoms. The van der Waals surface area contributed by atoms with Crippen LogP contribution in [-0.2, 0) is 23.1 Å². The van der Waals surface area contributed by atoms with Gasteiger partial charge in [-0.1, -0.05) is 41.1 Å². The minimum atomic E-state index is -0.211. The highest BCUT2D eigenvalue weighted by atomic mass is 35.5. The van der Waals surface area contributed by atoms with Crippen LogP contribution in [0.3, 0.4) is 0 Å². The summed E-state index contributed by atoms with van der Waals surface area (Å²) >= 11 is 7.13. The van der Waals surface area contributed by atoms with Gasteiger partial charge in [0.15, 0.2) is 5.16 Å². The molecule has 2 N–H and O–H groups in total. The second-order valence-corrected chi connectivity index (χ2v) is 8.68. The Kier molecular flexibility index (Phi) is 7.35. The number of thioether (sulfide) groups is 1. The van der Waals surface area contributed by atoms with E-state index in [0.717, 1.165) is 22.4 Å². The summed E-state index contributed by atoms with van der Waals surface area (Å²) in [6, 6.07) is 11.0. The van der Waals surface area contributed by atoms with Gasteiger partial charge in [0.1, 0.15) is 5.82 Å². The monoisotopic (exact) mass is 457 g/mol. The molecule has 0 fully saturated rings. The van der Waals surface area contributed by atoms with E-state index in [9.17, 15) is 9.59 Å². The quantitative estimate of drug-likeness (QED) is 0.516. The van der Waals surface area contributed by atoms with Crippen molar-refractivity contribution in [1.82, 2.24) is 14.8 Å². The zero-order chi connectivity index (χ0) is 22.5. The lowest BCUT2D eigenvalue weighted by Gasteiger charge is -2.12. The Labute approximate surface area is 190 Å². The number of nitrogens with one attached hydrogen (secondary N) is 2. The molecule has 0 radical (unpaired) electrons. The van der Waals surface area contributed by atoms with Crippen molar-refractivity contribution in [2.45, 2.75) is 32.3 Å². The van der Waals surface area contributed by atoms with Crippen LogP contribution in [0.5, 0.6) is 0 Å². The molecule has 1 aromatic heterocycles. The molecule has 1 heterocycles. The molecule has 0 saturated heterocycles. The van der Waals surface area contributed by atoms with Gasteiger partial charge in [0, 0.05) is 23.4 Å². The number of hydrogen-bond donors (Lipinski definition) is 2. The number of anilines is 2. The molecule has 2 amide bonds. The maximum absolute atomic E-state index is 12.4. The molecular weight excluding hydrogens is 434 g/mol. The average molecular weight is 458 g/mol. The minimum Gasteiger partial charge on any atom is -0.326 e. The molecule has 0 aliphatic carbocycles. The number of halogens is 1. The van der Waals surface area contributed by atoms with Gasteiger partial charge in [0.05, 0.1) is 12.2 Å². The Morgan fingerprint density at radius 2 is 1.65 bits per heavy atom.